The molecule has 0 saturated carbocycles. The normalized spacial score (nSPS) is 4.87. The molecule has 15 heavy (non-hydrogen) atoms. The Kier molecular flexibility index (Phi) is 71.0. The standard InChI is InChI=1S/C2H4O2.2CH2O3.K.2Na/c1-2(3)4;2*2-1(3)4;;;/h1H3,(H,3,4);2*(H2,2,3,4);;;/q;;;3*+1/p-5. The fourth-order valence-corrected chi connectivity index (χ4v) is 0. The Morgan fingerprint density at radius 2 is 0.733 bits per heavy atom. The van der Waals surface area contributed by atoms with Crippen LogP contribution >= 0.6 is 0 Å². The number of carbonyl (C=O) groups excluding carboxylic acids is 3. The van der Waals surface area contributed by atoms with E-state index in [0.717, 1.165) is 6.92 Å². The van der Waals surface area contributed by atoms with Crippen molar-refractivity contribution >= 4 is 18.3 Å². The minimum Gasteiger partial charge on any atom is -0.652 e. The Labute approximate surface area is 172 Å². The number of aliphatic carboxylic acids is 1. The first-order chi connectivity index (χ1) is 5.20. The van der Waals surface area contributed by atoms with E-state index in [-0.39, 0.29) is 110 Å². The topological polar surface area (TPSA) is 167 Å². The van der Waals surface area contributed by atoms with Gasteiger partial charge in [0, 0.05) is 5.97 Å². The van der Waals surface area contributed by atoms with Gasteiger partial charge in [-0.15, -0.1) is 0 Å². The Balaban J connectivity index is -0.0000000184. The van der Waals surface area contributed by atoms with Crippen LogP contribution in [0.4, 0.5) is 9.59 Å². The maximum Gasteiger partial charge on any atom is 1.00 e. The molecule has 0 heterocycles. The first-order valence-electron chi connectivity index (χ1n) is 2.13. The molecular formula is C4H3KNa2O8-2. The van der Waals surface area contributed by atoms with Crippen molar-refractivity contribution in [3.05, 3.63) is 0 Å². The van der Waals surface area contributed by atoms with E-state index >= 15 is 0 Å². The minimum absolute atomic E-state index is 0. The van der Waals surface area contributed by atoms with Crippen LogP contribution in [0.3, 0.4) is 0 Å². The second-order valence-corrected chi connectivity index (χ2v) is 0.992. The minimum atomic E-state index is -2.33. The van der Waals surface area contributed by atoms with Crippen LogP contribution in [-0.2, 0) is 4.79 Å². The van der Waals surface area contributed by atoms with E-state index in [1.807, 2.05) is 0 Å². The molecule has 0 spiro atoms. The third-order valence-electron chi connectivity index (χ3n) is 0. The molecular weight excluding hydrogens is 261 g/mol. The summed E-state index contributed by atoms with van der Waals surface area (Å²) in [6, 6.07) is 0. The molecule has 0 aliphatic rings. The monoisotopic (exact) mass is 264 g/mol. The van der Waals surface area contributed by atoms with Crippen LogP contribution in [0.15, 0.2) is 0 Å². The van der Waals surface area contributed by atoms with Crippen LogP contribution in [0, 0.1) is 0 Å². The van der Waals surface area contributed by atoms with Crippen molar-refractivity contribution in [3.8, 4) is 0 Å². The van der Waals surface area contributed by atoms with E-state index in [2.05, 4.69) is 0 Å². The molecule has 0 saturated heterocycles. The summed E-state index contributed by atoms with van der Waals surface area (Å²) in [7, 11) is 0. The van der Waals surface area contributed by atoms with Gasteiger partial charge in [-0.05, 0) is 19.2 Å². The van der Waals surface area contributed by atoms with Crippen LogP contribution in [0.2, 0.25) is 0 Å². The van der Waals surface area contributed by atoms with E-state index < -0.39 is 18.3 Å². The summed E-state index contributed by atoms with van der Waals surface area (Å²) in [6.45, 7) is 0.972. The van der Waals surface area contributed by atoms with Gasteiger partial charge >= 0.3 is 110 Å². The molecule has 0 amide bonds. The van der Waals surface area contributed by atoms with Crippen LogP contribution in [0.5, 0.6) is 0 Å². The summed E-state index contributed by atoms with van der Waals surface area (Å²) in [5.41, 5.74) is 0. The SMILES string of the molecule is CC(=O)[O-].O=C([O-])[O-].O=C([O-])[O-].[K+].[Na+].[Na+]. The average molecular weight is 264 g/mol. The van der Waals surface area contributed by atoms with Gasteiger partial charge in [0.25, 0.3) is 0 Å². The average Bonchev–Trinajstić information content (AvgIpc) is 1.54. The largest absolute Gasteiger partial charge is 1.00 e. The summed E-state index contributed by atoms with van der Waals surface area (Å²) >= 11 is 0. The quantitative estimate of drug-likeness (QED) is 0.388. The zero-order valence-corrected chi connectivity index (χ0v) is 15.9. The fraction of sp³-hybridized carbons (Fsp3) is 0.250. The molecule has 0 aromatic carbocycles. The number of carbonyl (C=O) groups is 3. The number of hydrogen-bond donors (Lipinski definition) is 0. The second-order valence-electron chi connectivity index (χ2n) is 0.992. The maximum absolute atomic E-state index is 8.89. The Morgan fingerprint density at radius 3 is 0.733 bits per heavy atom. The van der Waals surface area contributed by atoms with E-state index in [1.54, 1.807) is 0 Å². The van der Waals surface area contributed by atoms with Gasteiger partial charge in [-0.1, -0.05) is 0 Å². The molecule has 72 valence electrons. The third-order valence-corrected chi connectivity index (χ3v) is 0. The molecule has 0 unspecified atom stereocenters. The number of carboxylic acids is 1. The molecule has 8 nitrogen and oxygen atoms in total. The van der Waals surface area contributed by atoms with Crippen molar-refractivity contribution in [1.82, 2.24) is 0 Å². The zero-order chi connectivity index (χ0) is 10.7. The van der Waals surface area contributed by atoms with E-state index in [9.17, 15) is 0 Å². The van der Waals surface area contributed by atoms with Gasteiger partial charge < -0.3 is 39.9 Å². The van der Waals surface area contributed by atoms with Gasteiger partial charge in [0.1, 0.15) is 0 Å². The summed E-state index contributed by atoms with van der Waals surface area (Å²) in [5, 5.41) is 42.2. The predicted molar refractivity (Wildman–Crippen MR) is 21.5 cm³/mol. The van der Waals surface area contributed by atoms with Gasteiger partial charge in [0.15, 0.2) is 0 Å². The van der Waals surface area contributed by atoms with Crippen molar-refractivity contribution in [2.45, 2.75) is 6.92 Å². The number of carboxylic acid groups (broad SMARTS) is 5. The molecule has 0 aliphatic heterocycles. The molecule has 0 bridgehead atoms. The second kappa shape index (κ2) is 29.6. The summed E-state index contributed by atoms with van der Waals surface area (Å²) < 4.78 is 0. The van der Waals surface area contributed by atoms with Crippen molar-refractivity contribution in [2.75, 3.05) is 0 Å². The van der Waals surface area contributed by atoms with Crippen molar-refractivity contribution in [3.63, 3.8) is 0 Å². The van der Waals surface area contributed by atoms with Gasteiger partial charge in [0.05, 0.1) is 0 Å². The van der Waals surface area contributed by atoms with Gasteiger partial charge in [-0.3, -0.25) is 0 Å². The van der Waals surface area contributed by atoms with Crippen LogP contribution < -0.4 is 136 Å². The van der Waals surface area contributed by atoms with Crippen molar-refractivity contribution in [2.24, 2.45) is 0 Å². The Morgan fingerprint density at radius 1 is 0.733 bits per heavy atom. The Hall–Kier alpha value is 1.65. The van der Waals surface area contributed by atoms with Crippen molar-refractivity contribution in [1.29, 1.82) is 0 Å². The maximum atomic E-state index is 8.89. The molecule has 11 heteroatoms. The van der Waals surface area contributed by atoms with Crippen molar-refractivity contribution < 1.29 is 150 Å². The Bertz CT molecular complexity index is 122. The zero-order valence-electron chi connectivity index (χ0n) is 8.77. The van der Waals surface area contributed by atoms with Gasteiger partial charge in [0.2, 0.25) is 0 Å². The molecule has 0 rings (SSSR count). The first-order valence-corrected chi connectivity index (χ1v) is 2.13. The first kappa shape index (κ1) is 36.0. The fourth-order valence-electron chi connectivity index (χ4n) is 0. The van der Waals surface area contributed by atoms with E-state index in [4.69, 9.17) is 39.9 Å². The number of rotatable bonds is 0. The van der Waals surface area contributed by atoms with Crippen LogP contribution in [-0.4, -0.2) is 18.3 Å². The molecule has 0 atom stereocenters. The van der Waals surface area contributed by atoms with Crippen LogP contribution in [0.25, 0.3) is 0 Å². The third kappa shape index (κ3) is 1070. The summed E-state index contributed by atoms with van der Waals surface area (Å²) in [6.07, 6.45) is -4.67. The smallest absolute Gasteiger partial charge is 0.652 e. The molecule has 0 N–H and O–H groups in total. The van der Waals surface area contributed by atoms with Gasteiger partial charge in [-0.25, -0.2) is 0 Å². The van der Waals surface area contributed by atoms with Crippen LogP contribution in [0.1, 0.15) is 6.92 Å². The van der Waals surface area contributed by atoms with E-state index in [0.29, 0.717) is 0 Å². The van der Waals surface area contributed by atoms with E-state index in [1.165, 1.54) is 0 Å². The summed E-state index contributed by atoms with van der Waals surface area (Å²) in [4.78, 5) is 25.6. The predicted octanol–water partition coefficient (Wildman–Crippen LogP) is -15.1. The molecule has 0 aromatic rings. The molecule has 0 fully saturated rings. The van der Waals surface area contributed by atoms with Gasteiger partial charge in [-0.2, -0.15) is 0 Å². The molecule has 0 radical (unpaired) electrons. The summed E-state index contributed by atoms with van der Waals surface area (Å²) in [5.74, 6) is -1.08. The number of hydrogen-bond acceptors (Lipinski definition) is 8. The molecule has 0 aliphatic carbocycles. The molecule has 0 aromatic heterocycles.